The molecule has 0 aliphatic carbocycles. The third kappa shape index (κ3) is 2.70. The van der Waals surface area contributed by atoms with Crippen LogP contribution < -0.4 is 11.1 Å². The van der Waals surface area contributed by atoms with Crippen LogP contribution in [0.5, 0.6) is 0 Å². The van der Waals surface area contributed by atoms with E-state index in [1.165, 1.54) is 0 Å². The first-order chi connectivity index (χ1) is 8.18. The number of carbonyl (C=O) groups is 1. The summed E-state index contributed by atoms with van der Waals surface area (Å²) in [6.45, 7) is 3.65. The summed E-state index contributed by atoms with van der Waals surface area (Å²) >= 11 is 0. The van der Waals surface area contributed by atoms with E-state index in [2.05, 4.69) is 5.32 Å². The largest absolute Gasteiger partial charge is 0.397 e. The summed E-state index contributed by atoms with van der Waals surface area (Å²) in [5.74, 6) is 0.158. The average molecular weight is 233 g/mol. The van der Waals surface area contributed by atoms with Crippen molar-refractivity contribution in [2.24, 2.45) is 0 Å². The van der Waals surface area contributed by atoms with Gasteiger partial charge in [0.1, 0.15) is 6.04 Å². The van der Waals surface area contributed by atoms with E-state index in [4.69, 9.17) is 5.73 Å². The molecule has 2 rings (SSSR count). The van der Waals surface area contributed by atoms with Crippen molar-refractivity contribution in [3.63, 3.8) is 0 Å². The summed E-state index contributed by atoms with van der Waals surface area (Å²) in [5.41, 5.74) is 7.34. The van der Waals surface area contributed by atoms with Crippen molar-refractivity contribution in [1.29, 1.82) is 0 Å². The smallest absolute Gasteiger partial charge is 0.244 e. The van der Waals surface area contributed by atoms with Crippen LogP contribution in [0, 0.1) is 0 Å². The highest BCUT2D eigenvalue weighted by Gasteiger charge is 2.23. The van der Waals surface area contributed by atoms with Gasteiger partial charge in [-0.2, -0.15) is 0 Å². The van der Waals surface area contributed by atoms with Crippen molar-refractivity contribution in [1.82, 2.24) is 4.90 Å². The lowest BCUT2D eigenvalue weighted by molar-refractivity contribution is -0.130. The highest BCUT2D eigenvalue weighted by atomic mass is 16.2. The number of nitrogens with zero attached hydrogens (tertiary/aromatic N) is 1. The Morgan fingerprint density at radius 2 is 2.00 bits per heavy atom. The van der Waals surface area contributed by atoms with Crippen molar-refractivity contribution in [2.75, 3.05) is 24.1 Å². The van der Waals surface area contributed by atoms with Gasteiger partial charge in [-0.3, -0.25) is 4.79 Å². The lowest BCUT2D eigenvalue weighted by Gasteiger charge is -2.22. The predicted molar refractivity (Wildman–Crippen MR) is 69.8 cm³/mol. The summed E-state index contributed by atoms with van der Waals surface area (Å²) in [6, 6.07) is 7.29. The number of likely N-dealkylation sites (tertiary alicyclic amines) is 1. The maximum Gasteiger partial charge on any atom is 0.244 e. The lowest BCUT2D eigenvalue weighted by atomic mass is 10.2. The van der Waals surface area contributed by atoms with Gasteiger partial charge in [-0.1, -0.05) is 12.1 Å². The fraction of sp³-hybridized carbons (Fsp3) is 0.462. The molecule has 4 heteroatoms. The standard InChI is InChI=1S/C13H19N3O/c1-10(13(17)16-8-4-5-9-16)15-12-7-3-2-6-11(12)14/h2-3,6-7,10,15H,4-5,8-9,14H2,1H3. The van der Waals surface area contributed by atoms with E-state index >= 15 is 0 Å². The fourth-order valence-corrected chi connectivity index (χ4v) is 2.13. The number of amides is 1. The summed E-state index contributed by atoms with van der Waals surface area (Å²) in [5, 5.41) is 3.17. The van der Waals surface area contributed by atoms with E-state index < -0.39 is 0 Å². The number of nitrogens with two attached hydrogens (primary N) is 1. The Balaban J connectivity index is 1.99. The van der Waals surface area contributed by atoms with Crippen LogP contribution in [0.25, 0.3) is 0 Å². The van der Waals surface area contributed by atoms with E-state index in [0.717, 1.165) is 31.6 Å². The molecule has 1 saturated heterocycles. The van der Waals surface area contributed by atoms with Gasteiger partial charge in [-0.15, -0.1) is 0 Å². The zero-order chi connectivity index (χ0) is 12.3. The molecule has 0 spiro atoms. The molecule has 1 amide bonds. The molecule has 0 aromatic heterocycles. The van der Waals surface area contributed by atoms with Crippen LogP contribution in [0.2, 0.25) is 0 Å². The maximum absolute atomic E-state index is 12.1. The van der Waals surface area contributed by atoms with Gasteiger partial charge >= 0.3 is 0 Å². The topological polar surface area (TPSA) is 58.4 Å². The molecule has 4 nitrogen and oxygen atoms in total. The fourth-order valence-electron chi connectivity index (χ4n) is 2.13. The molecule has 92 valence electrons. The second-order valence-corrected chi connectivity index (χ2v) is 4.49. The first-order valence-corrected chi connectivity index (χ1v) is 6.08. The number of carbonyl (C=O) groups excluding carboxylic acids is 1. The summed E-state index contributed by atoms with van der Waals surface area (Å²) in [7, 11) is 0. The summed E-state index contributed by atoms with van der Waals surface area (Å²) < 4.78 is 0. The van der Waals surface area contributed by atoms with Crippen molar-refractivity contribution >= 4 is 17.3 Å². The second kappa shape index (κ2) is 5.08. The molecular weight excluding hydrogens is 214 g/mol. The Morgan fingerprint density at radius 3 is 2.65 bits per heavy atom. The van der Waals surface area contributed by atoms with Crippen LogP contribution in [0.3, 0.4) is 0 Å². The molecule has 17 heavy (non-hydrogen) atoms. The van der Waals surface area contributed by atoms with Crippen molar-refractivity contribution < 1.29 is 4.79 Å². The van der Waals surface area contributed by atoms with Gasteiger partial charge in [0.2, 0.25) is 5.91 Å². The van der Waals surface area contributed by atoms with E-state index in [-0.39, 0.29) is 11.9 Å². The van der Waals surface area contributed by atoms with Gasteiger partial charge in [-0.25, -0.2) is 0 Å². The first-order valence-electron chi connectivity index (χ1n) is 6.08. The number of para-hydroxylation sites is 2. The van der Waals surface area contributed by atoms with Gasteiger partial charge in [0.05, 0.1) is 11.4 Å². The molecule has 1 aliphatic heterocycles. The van der Waals surface area contributed by atoms with Gasteiger partial charge in [-0.05, 0) is 31.9 Å². The number of hydrogen-bond donors (Lipinski definition) is 2. The predicted octanol–water partition coefficient (Wildman–Crippen LogP) is 1.69. The highest BCUT2D eigenvalue weighted by molar-refractivity contribution is 5.85. The Morgan fingerprint density at radius 1 is 1.35 bits per heavy atom. The number of nitrogen functional groups attached to an aromatic ring is 1. The van der Waals surface area contributed by atoms with Gasteiger partial charge in [0.15, 0.2) is 0 Å². The van der Waals surface area contributed by atoms with E-state index in [1.807, 2.05) is 36.1 Å². The van der Waals surface area contributed by atoms with Gasteiger partial charge in [0, 0.05) is 13.1 Å². The molecule has 1 unspecified atom stereocenters. The van der Waals surface area contributed by atoms with E-state index in [9.17, 15) is 4.79 Å². The quantitative estimate of drug-likeness (QED) is 0.781. The van der Waals surface area contributed by atoms with Crippen molar-refractivity contribution in [3.8, 4) is 0 Å². The molecule has 0 bridgehead atoms. The van der Waals surface area contributed by atoms with Crippen molar-refractivity contribution in [3.05, 3.63) is 24.3 Å². The van der Waals surface area contributed by atoms with E-state index in [1.54, 1.807) is 0 Å². The van der Waals surface area contributed by atoms with Gasteiger partial charge in [0.25, 0.3) is 0 Å². The summed E-state index contributed by atoms with van der Waals surface area (Å²) in [6.07, 6.45) is 2.23. The minimum atomic E-state index is -0.224. The normalized spacial score (nSPS) is 16.9. The Kier molecular flexibility index (Phi) is 3.52. The number of hydrogen-bond acceptors (Lipinski definition) is 3. The van der Waals surface area contributed by atoms with E-state index in [0.29, 0.717) is 5.69 Å². The van der Waals surface area contributed by atoms with Crippen molar-refractivity contribution in [2.45, 2.75) is 25.8 Å². The average Bonchev–Trinajstić information content (AvgIpc) is 2.84. The molecule has 0 saturated carbocycles. The lowest BCUT2D eigenvalue weighted by Crippen LogP contribution is -2.39. The number of anilines is 2. The van der Waals surface area contributed by atoms with Crippen LogP contribution >= 0.6 is 0 Å². The van der Waals surface area contributed by atoms with Crippen LogP contribution in [-0.2, 0) is 4.79 Å². The van der Waals surface area contributed by atoms with Gasteiger partial charge < -0.3 is 16.0 Å². The second-order valence-electron chi connectivity index (χ2n) is 4.49. The number of nitrogens with one attached hydrogen (secondary N) is 1. The third-order valence-corrected chi connectivity index (χ3v) is 3.12. The zero-order valence-electron chi connectivity index (χ0n) is 10.1. The molecule has 3 N–H and O–H groups in total. The van der Waals surface area contributed by atoms with Crippen LogP contribution in [0.15, 0.2) is 24.3 Å². The van der Waals surface area contributed by atoms with Crippen LogP contribution in [0.1, 0.15) is 19.8 Å². The summed E-state index contributed by atoms with van der Waals surface area (Å²) in [4.78, 5) is 14.0. The minimum absolute atomic E-state index is 0.158. The molecular formula is C13H19N3O. The molecule has 1 aromatic rings. The zero-order valence-corrected chi connectivity index (χ0v) is 10.1. The minimum Gasteiger partial charge on any atom is -0.397 e. The molecule has 1 aliphatic rings. The third-order valence-electron chi connectivity index (χ3n) is 3.12. The maximum atomic E-state index is 12.1. The number of benzene rings is 1. The molecule has 1 heterocycles. The Bertz CT molecular complexity index is 399. The Hall–Kier alpha value is -1.71. The molecule has 1 atom stereocenters. The monoisotopic (exact) mass is 233 g/mol. The molecule has 0 radical (unpaired) electrons. The first kappa shape index (κ1) is 11.8. The molecule has 1 fully saturated rings. The highest BCUT2D eigenvalue weighted by Crippen LogP contribution is 2.19. The molecule has 1 aromatic carbocycles. The SMILES string of the molecule is CC(Nc1ccccc1N)C(=O)N1CCCC1. The van der Waals surface area contributed by atoms with Crippen LogP contribution in [-0.4, -0.2) is 29.9 Å². The Labute approximate surface area is 102 Å². The number of rotatable bonds is 3. The van der Waals surface area contributed by atoms with Crippen LogP contribution in [0.4, 0.5) is 11.4 Å².